The molecule has 2 nitrogen and oxygen atoms in total. The van der Waals surface area contributed by atoms with Crippen molar-refractivity contribution in [2.24, 2.45) is 0 Å². The molecule has 0 aliphatic carbocycles. The maximum Gasteiger partial charge on any atom is 0.157 e. The monoisotopic (exact) mass is 220 g/mol. The van der Waals surface area contributed by atoms with E-state index in [4.69, 9.17) is 9.47 Å². The van der Waals surface area contributed by atoms with Crippen LogP contribution in [0.3, 0.4) is 0 Å². The summed E-state index contributed by atoms with van der Waals surface area (Å²) in [5.41, 5.74) is 1.42. The SMILES string of the molecule is c1ccc(CCCCOC2CCCO2)cc1. The summed E-state index contributed by atoms with van der Waals surface area (Å²) in [5, 5.41) is 0. The minimum absolute atomic E-state index is 0.0803. The van der Waals surface area contributed by atoms with Gasteiger partial charge in [0.1, 0.15) is 0 Å². The van der Waals surface area contributed by atoms with Crippen molar-refractivity contribution in [2.45, 2.75) is 38.4 Å². The van der Waals surface area contributed by atoms with Gasteiger partial charge < -0.3 is 9.47 Å². The maximum atomic E-state index is 5.62. The van der Waals surface area contributed by atoms with Crippen LogP contribution in [0.4, 0.5) is 0 Å². The molecule has 0 N–H and O–H groups in total. The quantitative estimate of drug-likeness (QED) is 0.686. The molecule has 16 heavy (non-hydrogen) atoms. The Morgan fingerprint density at radius 2 is 2.06 bits per heavy atom. The van der Waals surface area contributed by atoms with Crippen LogP contribution in [0.15, 0.2) is 30.3 Å². The second-order valence-corrected chi connectivity index (χ2v) is 4.26. The molecule has 0 bridgehead atoms. The summed E-state index contributed by atoms with van der Waals surface area (Å²) in [6.07, 6.45) is 5.76. The van der Waals surface area contributed by atoms with Crippen LogP contribution in [0.5, 0.6) is 0 Å². The van der Waals surface area contributed by atoms with Gasteiger partial charge in [0.05, 0.1) is 0 Å². The molecule has 1 unspecified atom stereocenters. The van der Waals surface area contributed by atoms with Crippen LogP contribution < -0.4 is 0 Å². The van der Waals surface area contributed by atoms with E-state index in [1.54, 1.807) is 0 Å². The van der Waals surface area contributed by atoms with E-state index in [1.807, 2.05) is 0 Å². The van der Waals surface area contributed by atoms with E-state index in [1.165, 1.54) is 12.0 Å². The molecule has 2 heteroatoms. The van der Waals surface area contributed by atoms with Crippen molar-refractivity contribution in [3.63, 3.8) is 0 Å². The van der Waals surface area contributed by atoms with Gasteiger partial charge in [0, 0.05) is 19.6 Å². The molecule has 1 aromatic rings. The smallest absolute Gasteiger partial charge is 0.157 e. The molecule has 0 aromatic heterocycles. The zero-order valence-electron chi connectivity index (χ0n) is 9.73. The molecule has 1 aromatic carbocycles. The van der Waals surface area contributed by atoms with Crippen molar-refractivity contribution in [1.82, 2.24) is 0 Å². The van der Waals surface area contributed by atoms with Crippen LogP contribution in [-0.2, 0) is 15.9 Å². The average Bonchev–Trinajstić information content (AvgIpc) is 2.83. The van der Waals surface area contributed by atoms with Gasteiger partial charge >= 0.3 is 0 Å². The molecular weight excluding hydrogens is 200 g/mol. The molecule has 1 saturated heterocycles. The van der Waals surface area contributed by atoms with Gasteiger partial charge in [0.15, 0.2) is 6.29 Å². The Bertz CT molecular complexity index is 278. The normalized spacial score (nSPS) is 20.1. The minimum Gasteiger partial charge on any atom is -0.353 e. The van der Waals surface area contributed by atoms with Gasteiger partial charge in [-0.1, -0.05) is 30.3 Å². The Labute approximate surface area is 97.6 Å². The molecular formula is C14H20O2. The van der Waals surface area contributed by atoms with E-state index in [9.17, 15) is 0 Å². The fourth-order valence-electron chi connectivity index (χ4n) is 1.97. The largest absolute Gasteiger partial charge is 0.353 e. The van der Waals surface area contributed by atoms with Crippen molar-refractivity contribution in [3.8, 4) is 0 Å². The Kier molecular flexibility index (Phi) is 4.84. The number of hydrogen-bond donors (Lipinski definition) is 0. The molecule has 2 rings (SSSR count). The van der Waals surface area contributed by atoms with E-state index in [2.05, 4.69) is 30.3 Å². The molecule has 0 spiro atoms. The lowest BCUT2D eigenvalue weighted by Crippen LogP contribution is -2.11. The van der Waals surface area contributed by atoms with E-state index in [0.717, 1.165) is 38.9 Å². The van der Waals surface area contributed by atoms with Crippen molar-refractivity contribution in [1.29, 1.82) is 0 Å². The van der Waals surface area contributed by atoms with Gasteiger partial charge in [0.25, 0.3) is 0 Å². The average molecular weight is 220 g/mol. The van der Waals surface area contributed by atoms with Crippen molar-refractivity contribution in [3.05, 3.63) is 35.9 Å². The van der Waals surface area contributed by atoms with Crippen LogP contribution in [0.25, 0.3) is 0 Å². The van der Waals surface area contributed by atoms with E-state index in [-0.39, 0.29) is 6.29 Å². The summed E-state index contributed by atoms with van der Waals surface area (Å²) < 4.78 is 11.0. The zero-order valence-corrected chi connectivity index (χ0v) is 9.73. The van der Waals surface area contributed by atoms with Gasteiger partial charge in [-0.3, -0.25) is 0 Å². The number of hydrogen-bond acceptors (Lipinski definition) is 2. The highest BCUT2D eigenvalue weighted by molar-refractivity contribution is 5.14. The fourth-order valence-corrected chi connectivity index (χ4v) is 1.97. The summed E-state index contributed by atoms with van der Waals surface area (Å²) >= 11 is 0. The topological polar surface area (TPSA) is 18.5 Å². The molecule has 1 fully saturated rings. The molecule has 1 aliphatic rings. The summed E-state index contributed by atoms with van der Waals surface area (Å²) in [6, 6.07) is 10.6. The molecule has 1 heterocycles. The first kappa shape index (κ1) is 11.6. The third-order valence-electron chi connectivity index (χ3n) is 2.89. The second-order valence-electron chi connectivity index (χ2n) is 4.26. The van der Waals surface area contributed by atoms with Crippen LogP contribution in [-0.4, -0.2) is 19.5 Å². The predicted molar refractivity (Wildman–Crippen MR) is 64.3 cm³/mol. The van der Waals surface area contributed by atoms with Crippen LogP contribution in [0.1, 0.15) is 31.2 Å². The zero-order chi connectivity index (χ0) is 11.1. The molecule has 0 amide bonds. The minimum atomic E-state index is 0.0803. The summed E-state index contributed by atoms with van der Waals surface area (Å²) in [6.45, 7) is 1.70. The summed E-state index contributed by atoms with van der Waals surface area (Å²) in [5.74, 6) is 0. The Morgan fingerprint density at radius 3 is 2.81 bits per heavy atom. The van der Waals surface area contributed by atoms with Gasteiger partial charge in [-0.05, 0) is 31.2 Å². The van der Waals surface area contributed by atoms with E-state index < -0.39 is 0 Å². The molecule has 0 saturated carbocycles. The fraction of sp³-hybridized carbons (Fsp3) is 0.571. The lowest BCUT2D eigenvalue weighted by Gasteiger charge is -2.10. The lowest BCUT2D eigenvalue weighted by atomic mass is 10.1. The van der Waals surface area contributed by atoms with Gasteiger partial charge in [-0.2, -0.15) is 0 Å². The summed E-state index contributed by atoms with van der Waals surface area (Å²) in [7, 11) is 0. The van der Waals surface area contributed by atoms with Gasteiger partial charge in [0.2, 0.25) is 0 Å². The van der Waals surface area contributed by atoms with Crippen molar-refractivity contribution in [2.75, 3.05) is 13.2 Å². The van der Waals surface area contributed by atoms with E-state index >= 15 is 0 Å². The van der Waals surface area contributed by atoms with Crippen LogP contribution in [0.2, 0.25) is 0 Å². The molecule has 1 aliphatic heterocycles. The van der Waals surface area contributed by atoms with Crippen LogP contribution in [0, 0.1) is 0 Å². The Balaban J connectivity index is 1.52. The van der Waals surface area contributed by atoms with Gasteiger partial charge in [-0.25, -0.2) is 0 Å². The highest BCUT2D eigenvalue weighted by atomic mass is 16.7. The van der Waals surface area contributed by atoms with E-state index in [0.29, 0.717) is 0 Å². The predicted octanol–water partition coefficient (Wildman–Crippen LogP) is 3.16. The first-order valence-corrected chi connectivity index (χ1v) is 6.22. The second kappa shape index (κ2) is 6.66. The highest BCUT2D eigenvalue weighted by Gasteiger charge is 2.14. The Morgan fingerprint density at radius 1 is 1.19 bits per heavy atom. The number of benzene rings is 1. The number of ether oxygens (including phenoxy) is 2. The molecule has 1 atom stereocenters. The highest BCUT2D eigenvalue weighted by Crippen LogP contribution is 2.13. The molecule has 0 radical (unpaired) electrons. The number of unbranched alkanes of at least 4 members (excludes halogenated alkanes) is 1. The van der Waals surface area contributed by atoms with Crippen LogP contribution >= 0.6 is 0 Å². The maximum absolute atomic E-state index is 5.62. The third kappa shape index (κ3) is 3.95. The third-order valence-corrected chi connectivity index (χ3v) is 2.89. The molecule has 88 valence electrons. The van der Waals surface area contributed by atoms with Crippen molar-refractivity contribution < 1.29 is 9.47 Å². The first-order chi connectivity index (χ1) is 7.95. The van der Waals surface area contributed by atoms with Gasteiger partial charge in [-0.15, -0.1) is 0 Å². The standard InChI is InChI=1S/C14H20O2/c1-2-7-13(8-3-1)9-4-5-11-15-14-10-6-12-16-14/h1-3,7-8,14H,4-6,9-12H2. The van der Waals surface area contributed by atoms with Crippen molar-refractivity contribution >= 4 is 0 Å². The Hall–Kier alpha value is -0.860. The lowest BCUT2D eigenvalue weighted by molar-refractivity contribution is -0.111. The summed E-state index contributed by atoms with van der Waals surface area (Å²) in [4.78, 5) is 0. The number of aryl methyl sites for hydroxylation is 1. The number of rotatable bonds is 6. The first-order valence-electron chi connectivity index (χ1n) is 6.22.